The van der Waals surface area contributed by atoms with Gasteiger partial charge < -0.3 is 19.6 Å². The summed E-state index contributed by atoms with van der Waals surface area (Å²) in [7, 11) is 3.92. The van der Waals surface area contributed by atoms with Gasteiger partial charge in [0, 0.05) is 63.8 Å². The summed E-state index contributed by atoms with van der Waals surface area (Å²) >= 11 is 0. The molecule has 3 aliphatic rings. The minimum Gasteiger partial charge on any atom is -0.369 e. The van der Waals surface area contributed by atoms with Crippen molar-refractivity contribution in [1.29, 1.82) is 0 Å². The Morgan fingerprint density at radius 1 is 1.02 bits per heavy atom. The molecule has 2 aromatic carbocycles. The third-order valence-electron chi connectivity index (χ3n) is 8.28. The number of carbonyl (C=O) groups is 2. The summed E-state index contributed by atoms with van der Waals surface area (Å²) in [5.74, 6) is 0.500. The van der Waals surface area contributed by atoms with E-state index in [1.165, 1.54) is 30.4 Å². The van der Waals surface area contributed by atoms with Crippen LogP contribution in [0.2, 0.25) is 0 Å². The van der Waals surface area contributed by atoms with Crippen molar-refractivity contribution in [2.45, 2.75) is 33.2 Å². The monoisotopic (exact) mass is 583 g/mol. The third kappa shape index (κ3) is 7.05. The zero-order valence-corrected chi connectivity index (χ0v) is 26.3. The van der Waals surface area contributed by atoms with Gasteiger partial charge in [0.25, 0.3) is 0 Å². The molecule has 5 rings (SSSR count). The van der Waals surface area contributed by atoms with E-state index in [0.29, 0.717) is 31.9 Å². The van der Waals surface area contributed by atoms with Crippen molar-refractivity contribution in [1.82, 2.24) is 14.7 Å². The minimum absolute atomic E-state index is 0.112. The Hall–Kier alpha value is -4.24. The topological polar surface area (TPSA) is 75.1 Å². The molecule has 0 radical (unpaired) electrons. The first-order valence-corrected chi connectivity index (χ1v) is 15.0. The molecule has 43 heavy (non-hydrogen) atoms. The van der Waals surface area contributed by atoms with Gasteiger partial charge >= 0.3 is 6.03 Å². The summed E-state index contributed by atoms with van der Waals surface area (Å²) < 4.78 is 0. The maximum atomic E-state index is 13.2. The van der Waals surface area contributed by atoms with E-state index >= 15 is 0 Å². The molecule has 0 N–H and O–H groups in total. The number of urea groups is 1. The average molecular weight is 584 g/mol. The van der Waals surface area contributed by atoms with Crippen LogP contribution >= 0.6 is 0 Å². The number of rotatable bonds is 5. The molecule has 2 aromatic rings. The molecule has 0 aromatic heterocycles. The summed E-state index contributed by atoms with van der Waals surface area (Å²) in [5, 5.41) is 0. The van der Waals surface area contributed by atoms with Gasteiger partial charge in [0.15, 0.2) is 0 Å². The van der Waals surface area contributed by atoms with Crippen LogP contribution in [-0.4, -0.2) is 99.1 Å². The highest BCUT2D eigenvalue weighted by Gasteiger charge is 2.40. The highest BCUT2D eigenvalue weighted by molar-refractivity contribution is 6.10. The first-order chi connectivity index (χ1) is 20.7. The third-order valence-corrected chi connectivity index (χ3v) is 8.28. The molecule has 1 atom stereocenters. The normalized spacial score (nSPS) is 21.0. The summed E-state index contributed by atoms with van der Waals surface area (Å²) in [4.78, 5) is 44.0. The van der Waals surface area contributed by atoms with E-state index in [4.69, 9.17) is 0 Å². The van der Waals surface area contributed by atoms with Gasteiger partial charge in [-0.05, 0) is 70.3 Å². The van der Waals surface area contributed by atoms with E-state index in [0.717, 1.165) is 35.5 Å². The van der Waals surface area contributed by atoms with Gasteiger partial charge in [-0.3, -0.25) is 19.7 Å². The van der Waals surface area contributed by atoms with E-state index < -0.39 is 0 Å². The number of aliphatic imine (C=N–C) groups is 2. The number of aryl methyl sites for hydroxylation is 2. The lowest BCUT2D eigenvalue weighted by atomic mass is 9.91. The van der Waals surface area contributed by atoms with Crippen LogP contribution in [0, 0.1) is 13.8 Å². The summed E-state index contributed by atoms with van der Waals surface area (Å²) in [6, 6.07) is 14.5. The number of hydrogen-bond donors (Lipinski definition) is 0. The number of fused-ring (bicyclic) bond motifs is 1. The molecule has 0 saturated carbocycles. The van der Waals surface area contributed by atoms with Crippen LogP contribution in [0.15, 0.2) is 76.9 Å². The lowest BCUT2D eigenvalue weighted by Gasteiger charge is -2.44. The van der Waals surface area contributed by atoms with Crippen LogP contribution in [-0.2, 0) is 4.79 Å². The van der Waals surface area contributed by atoms with Crippen molar-refractivity contribution < 1.29 is 9.59 Å². The fourth-order valence-corrected chi connectivity index (χ4v) is 5.94. The number of anilines is 2. The van der Waals surface area contributed by atoms with E-state index in [-0.39, 0.29) is 18.0 Å². The summed E-state index contributed by atoms with van der Waals surface area (Å²) in [5.41, 5.74) is 6.38. The van der Waals surface area contributed by atoms with Crippen LogP contribution in [0.5, 0.6) is 0 Å². The van der Waals surface area contributed by atoms with E-state index in [2.05, 4.69) is 71.3 Å². The van der Waals surface area contributed by atoms with Crippen LogP contribution in [0.4, 0.5) is 16.2 Å². The van der Waals surface area contributed by atoms with Crippen molar-refractivity contribution in [2.24, 2.45) is 9.98 Å². The van der Waals surface area contributed by atoms with Crippen LogP contribution in [0.3, 0.4) is 0 Å². The highest BCUT2D eigenvalue weighted by Crippen LogP contribution is 2.41. The summed E-state index contributed by atoms with van der Waals surface area (Å²) in [6.07, 6.45) is 3.64. The number of para-hydroxylation sites is 1. The highest BCUT2D eigenvalue weighted by atomic mass is 16.2. The van der Waals surface area contributed by atoms with Gasteiger partial charge in [0.05, 0.1) is 18.3 Å². The lowest BCUT2D eigenvalue weighted by molar-refractivity contribution is -0.114. The molecule has 0 spiro atoms. The van der Waals surface area contributed by atoms with Crippen LogP contribution < -0.4 is 9.80 Å². The van der Waals surface area contributed by atoms with Crippen molar-refractivity contribution in [2.75, 3.05) is 69.7 Å². The number of hydrogen-bond acceptors (Lipinski definition) is 6. The second-order valence-corrected chi connectivity index (χ2v) is 11.2. The van der Waals surface area contributed by atoms with Crippen molar-refractivity contribution in [3.05, 3.63) is 83.6 Å². The van der Waals surface area contributed by atoms with Gasteiger partial charge in [0.2, 0.25) is 5.91 Å². The zero-order valence-electron chi connectivity index (χ0n) is 26.3. The number of benzene rings is 2. The van der Waals surface area contributed by atoms with Gasteiger partial charge in [-0.25, -0.2) is 4.79 Å². The number of amidine groups is 1. The second kappa shape index (κ2) is 14.3. The Bertz CT molecular complexity index is 1390. The number of piperazine rings is 1. The molecule has 9 nitrogen and oxygen atoms in total. The maximum Gasteiger partial charge on any atom is 0.326 e. The van der Waals surface area contributed by atoms with E-state index in [1.54, 1.807) is 23.0 Å². The standard InChI is InChI=1S/C22H27N5O2.C12H18N2/c1-6-19(28)26-12-11-18(17-10-8-9-15(3)20(17)26)27-14-16(13-23-4)21(24-7-2)25(5)22(27)29;1-11-3-5-12(6-4-11)14-9-7-13(2)8-10-14/h6,8-10,13,18H,1,4,7,11-12,14H2,2-3,5H3;3-6H,7-10H2,1-2H3/b16-13-,24-21?;. The number of likely N-dealkylation sites (N-methyl/N-ethyl adjacent to an activating group) is 2. The first-order valence-electron chi connectivity index (χ1n) is 15.0. The van der Waals surface area contributed by atoms with Gasteiger partial charge in [0.1, 0.15) is 5.84 Å². The van der Waals surface area contributed by atoms with E-state index in [1.807, 2.05) is 36.9 Å². The molecule has 0 bridgehead atoms. The van der Waals surface area contributed by atoms with Gasteiger partial charge in [-0.2, -0.15) is 0 Å². The smallest absolute Gasteiger partial charge is 0.326 e. The predicted molar refractivity (Wildman–Crippen MR) is 177 cm³/mol. The molecule has 3 heterocycles. The molecule has 1 unspecified atom stereocenters. The molecule has 3 aliphatic heterocycles. The van der Waals surface area contributed by atoms with Crippen LogP contribution in [0.1, 0.15) is 36.1 Å². The number of nitrogens with zero attached hydrogens (tertiary/aromatic N) is 7. The van der Waals surface area contributed by atoms with Crippen LogP contribution in [0.25, 0.3) is 0 Å². The lowest BCUT2D eigenvalue weighted by Crippen LogP contribution is -2.54. The Kier molecular flexibility index (Phi) is 10.5. The molecule has 2 saturated heterocycles. The maximum absolute atomic E-state index is 13.2. The Labute approximate surface area is 256 Å². The van der Waals surface area contributed by atoms with Crippen molar-refractivity contribution in [3.8, 4) is 0 Å². The van der Waals surface area contributed by atoms with Crippen molar-refractivity contribution >= 4 is 35.9 Å². The van der Waals surface area contributed by atoms with E-state index in [9.17, 15) is 9.59 Å². The molecule has 228 valence electrons. The molecule has 0 aliphatic carbocycles. The fraction of sp³-hybridized carbons (Fsp3) is 0.412. The average Bonchev–Trinajstić information content (AvgIpc) is 3.01. The Morgan fingerprint density at radius 2 is 1.72 bits per heavy atom. The van der Waals surface area contributed by atoms with Gasteiger partial charge in [-0.15, -0.1) is 0 Å². The molecular formula is C34H45N7O2. The fourth-order valence-electron chi connectivity index (χ4n) is 5.94. The zero-order chi connectivity index (χ0) is 31.1. The molecule has 3 amide bonds. The second-order valence-electron chi connectivity index (χ2n) is 11.2. The largest absolute Gasteiger partial charge is 0.369 e. The van der Waals surface area contributed by atoms with Crippen molar-refractivity contribution in [3.63, 3.8) is 0 Å². The number of amides is 3. The predicted octanol–water partition coefficient (Wildman–Crippen LogP) is 5.08. The molecular weight excluding hydrogens is 538 g/mol. The Balaban J connectivity index is 0.000000251. The summed E-state index contributed by atoms with van der Waals surface area (Å²) in [6.45, 7) is 19.4. The minimum atomic E-state index is -0.148. The Morgan fingerprint density at radius 3 is 2.35 bits per heavy atom. The van der Waals surface area contributed by atoms with Gasteiger partial charge in [-0.1, -0.05) is 42.5 Å². The molecule has 9 heteroatoms. The SMILES string of the molecule is C=CC(=O)N1CCC(N2C/C(=C/N=C)C(=NCC)N(C)C2=O)c2cccc(C)c21.Cc1ccc(N2CCN(C)CC2)cc1. The quantitative estimate of drug-likeness (QED) is 0.364. The number of carbonyl (C=O) groups excluding carboxylic acids is 2. The molecule has 2 fully saturated rings. The first kappa shape index (κ1) is 31.7.